The highest BCUT2D eigenvalue weighted by Crippen LogP contribution is 2.16. The molecule has 0 saturated carbocycles. The Hall–Kier alpha value is -1.30. The Kier molecular flexibility index (Phi) is 6.79. The van der Waals surface area contributed by atoms with Gasteiger partial charge in [-0.25, -0.2) is 5.48 Å². The van der Waals surface area contributed by atoms with E-state index in [1.165, 1.54) is 5.56 Å². The van der Waals surface area contributed by atoms with E-state index < -0.39 is 0 Å². The molecule has 0 unspecified atom stereocenters. The fourth-order valence-corrected chi connectivity index (χ4v) is 2.90. The third-order valence-corrected chi connectivity index (χ3v) is 4.16. The number of rotatable bonds is 7. The molecule has 0 atom stereocenters. The SMILES string of the molecule is O=C(CSCc1cccc(Br)c1)NOCc1ccccc1. The number of carbonyl (C=O) groups excluding carboxylic acids is 1. The second kappa shape index (κ2) is 8.87. The molecule has 5 heteroatoms. The minimum Gasteiger partial charge on any atom is -0.272 e. The van der Waals surface area contributed by atoms with E-state index in [1.807, 2.05) is 48.5 Å². The normalized spacial score (nSPS) is 10.3. The average Bonchev–Trinajstić information content (AvgIpc) is 2.48. The van der Waals surface area contributed by atoms with Crippen molar-refractivity contribution < 1.29 is 9.63 Å². The number of thioether (sulfide) groups is 1. The van der Waals surface area contributed by atoms with Crippen LogP contribution in [0.2, 0.25) is 0 Å². The molecule has 2 aromatic rings. The third-order valence-electron chi connectivity index (χ3n) is 2.66. The minimum atomic E-state index is -0.120. The summed E-state index contributed by atoms with van der Waals surface area (Å²) in [5.74, 6) is 1.05. The molecule has 0 aliphatic carbocycles. The molecule has 3 nitrogen and oxygen atoms in total. The van der Waals surface area contributed by atoms with Crippen molar-refractivity contribution in [3.05, 3.63) is 70.2 Å². The lowest BCUT2D eigenvalue weighted by atomic mass is 10.2. The van der Waals surface area contributed by atoms with Gasteiger partial charge in [-0.15, -0.1) is 11.8 Å². The summed E-state index contributed by atoms with van der Waals surface area (Å²) in [5.41, 5.74) is 4.67. The van der Waals surface area contributed by atoms with Gasteiger partial charge in [0.2, 0.25) is 0 Å². The lowest BCUT2D eigenvalue weighted by molar-refractivity contribution is -0.131. The summed E-state index contributed by atoms with van der Waals surface area (Å²) in [6.07, 6.45) is 0. The van der Waals surface area contributed by atoms with E-state index in [9.17, 15) is 4.79 Å². The molecule has 0 radical (unpaired) electrons. The van der Waals surface area contributed by atoms with Crippen molar-refractivity contribution in [1.82, 2.24) is 5.48 Å². The zero-order valence-electron chi connectivity index (χ0n) is 11.4. The molecular formula is C16H16BrNO2S. The van der Waals surface area contributed by atoms with Crippen molar-refractivity contribution in [2.24, 2.45) is 0 Å². The van der Waals surface area contributed by atoms with Crippen molar-refractivity contribution in [2.45, 2.75) is 12.4 Å². The first-order valence-corrected chi connectivity index (χ1v) is 8.45. The Labute approximate surface area is 137 Å². The fourth-order valence-electron chi connectivity index (χ4n) is 1.69. The number of nitrogens with one attached hydrogen (secondary N) is 1. The van der Waals surface area contributed by atoms with Gasteiger partial charge in [0.1, 0.15) is 0 Å². The van der Waals surface area contributed by atoms with Gasteiger partial charge in [0.25, 0.3) is 5.91 Å². The highest BCUT2D eigenvalue weighted by atomic mass is 79.9. The zero-order chi connectivity index (χ0) is 14.9. The van der Waals surface area contributed by atoms with E-state index in [0.717, 1.165) is 15.8 Å². The molecule has 0 heterocycles. The van der Waals surface area contributed by atoms with Gasteiger partial charge in [-0.3, -0.25) is 9.63 Å². The number of carbonyl (C=O) groups is 1. The highest BCUT2D eigenvalue weighted by molar-refractivity contribution is 9.10. The Morgan fingerprint density at radius 2 is 1.86 bits per heavy atom. The van der Waals surface area contributed by atoms with Gasteiger partial charge in [0, 0.05) is 10.2 Å². The van der Waals surface area contributed by atoms with Crippen molar-refractivity contribution in [1.29, 1.82) is 0 Å². The maximum atomic E-state index is 11.6. The van der Waals surface area contributed by atoms with Gasteiger partial charge in [-0.05, 0) is 23.3 Å². The van der Waals surface area contributed by atoms with E-state index in [-0.39, 0.29) is 5.91 Å². The number of hydrogen-bond donors (Lipinski definition) is 1. The van der Waals surface area contributed by atoms with Crippen LogP contribution in [-0.4, -0.2) is 11.7 Å². The molecule has 0 spiro atoms. The van der Waals surface area contributed by atoms with Gasteiger partial charge in [0.15, 0.2) is 0 Å². The van der Waals surface area contributed by atoms with E-state index >= 15 is 0 Å². The lowest BCUT2D eigenvalue weighted by Gasteiger charge is -2.06. The molecule has 0 saturated heterocycles. The Balaban J connectivity index is 1.61. The van der Waals surface area contributed by atoms with Crippen molar-refractivity contribution in [3.63, 3.8) is 0 Å². The second-order valence-corrected chi connectivity index (χ2v) is 6.32. The first-order valence-electron chi connectivity index (χ1n) is 6.51. The molecule has 0 aliphatic heterocycles. The predicted molar refractivity (Wildman–Crippen MR) is 89.7 cm³/mol. The Morgan fingerprint density at radius 1 is 1.10 bits per heavy atom. The van der Waals surface area contributed by atoms with Crippen molar-refractivity contribution in [3.8, 4) is 0 Å². The summed E-state index contributed by atoms with van der Waals surface area (Å²) in [4.78, 5) is 16.8. The van der Waals surface area contributed by atoms with Crippen LogP contribution in [0.5, 0.6) is 0 Å². The number of hydroxylamine groups is 1. The van der Waals surface area contributed by atoms with Crippen LogP contribution >= 0.6 is 27.7 Å². The molecule has 0 bridgehead atoms. The first-order chi connectivity index (χ1) is 10.2. The molecule has 2 rings (SSSR count). The van der Waals surface area contributed by atoms with Crippen LogP contribution in [0.25, 0.3) is 0 Å². The standard InChI is InChI=1S/C16H16BrNO2S/c17-15-8-4-7-14(9-15)11-21-12-16(19)18-20-10-13-5-2-1-3-6-13/h1-9H,10-12H2,(H,18,19). The largest absolute Gasteiger partial charge is 0.272 e. The quantitative estimate of drug-likeness (QED) is 0.755. The highest BCUT2D eigenvalue weighted by Gasteiger charge is 2.02. The van der Waals surface area contributed by atoms with Crippen LogP contribution in [0.4, 0.5) is 0 Å². The molecule has 110 valence electrons. The van der Waals surface area contributed by atoms with Crippen molar-refractivity contribution >= 4 is 33.6 Å². The van der Waals surface area contributed by atoms with Gasteiger partial charge in [-0.2, -0.15) is 0 Å². The zero-order valence-corrected chi connectivity index (χ0v) is 13.8. The molecule has 0 aromatic heterocycles. The van der Waals surface area contributed by atoms with Crippen molar-refractivity contribution in [2.75, 3.05) is 5.75 Å². The van der Waals surface area contributed by atoms with E-state index in [1.54, 1.807) is 11.8 Å². The van der Waals surface area contributed by atoms with Crippen LogP contribution in [0, 0.1) is 0 Å². The number of hydrogen-bond acceptors (Lipinski definition) is 3. The van der Waals surface area contributed by atoms with Crippen LogP contribution in [0.1, 0.15) is 11.1 Å². The predicted octanol–water partition coefficient (Wildman–Crippen LogP) is 3.93. The smallest absolute Gasteiger partial charge is 0.253 e. The summed E-state index contributed by atoms with van der Waals surface area (Å²) in [5, 5.41) is 0. The van der Waals surface area contributed by atoms with E-state index in [2.05, 4.69) is 27.5 Å². The number of benzene rings is 2. The summed E-state index contributed by atoms with van der Waals surface area (Å²) in [6.45, 7) is 0.378. The summed E-state index contributed by atoms with van der Waals surface area (Å²) in [6, 6.07) is 17.8. The maximum absolute atomic E-state index is 11.6. The Morgan fingerprint density at radius 3 is 2.62 bits per heavy atom. The van der Waals surface area contributed by atoms with Gasteiger partial charge in [-0.1, -0.05) is 58.4 Å². The molecular weight excluding hydrogens is 350 g/mol. The number of amides is 1. The number of halogens is 1. The molecule has 0 fully saturated rings. The fraction of sp³-hybridized carbons (Fsp3) is 0.188. The molecule has 2 aromatic carbocycles. The second-order valence-electron chi connectivity index (χ2n) is 4.42. The Bertz CT molecular complexity index is 577. The minimum absolute atomic E-state index is 0.120. The average molecular weight is 366 g/mol. The van der Waals surface area contributed by atoms with Gasteiger partial charge < -0.3 is 0 Å². The topological polar surface area (TPSA) is 38.3 Å². The summed E-state index contributed by atoms with van der Waals surface area (Å²) < 4.78 is 1.05. The van der Waals surface area contributed by atoms with Crippen LogP contribution in [0.15, 0.2) is 59.1 Å². The van der Waals surface area contributed by atoms with Gasteiger partial charge in [0.05, 0.1) is 12.4 Å². The maximum Gasteiger partial charge on any atom is 0.253 e. The molecule has 1 amide bonds. The van der Waals surface area contributed by atoms with Crippen LogP contribution in [0.3, 0.4) is 0 Å². The first kappa shape index (κ1) is 16.1. The van der Waals surface area contributed by atoms with E-state index in [0.29, 0.717) is 12.4 Å². The van der Waals surface area contributed by atoms with E-state index in [4.69, 9.17) is 4.84 Å². The lowest BCUT2D eigenvalue weighted by Crippen LogP contribution is -2.25. The molecule has 0 aliphatic rings. The monoisotopic (exact) mass is 365 g/mol. The van der Waals surface area contributed by atoms with Crippen LogP contribution < -0.4 is 5.48 Å². The van der Waals surface area contributed by atoms with Gasteiger partial charge >= 0.3 is 0 Å². The summed E-state index contributed by atoms with van der Waals surface area (Å²) >= 11 is 4.99. The summed E-state index contributed by atoms with van der Waals surface area (Å²) in [7, 11) is 0. The molecule has 21 heavy (non-hydrogen) atoms. The van der Waals surface area contributed by atoms with Crippen LogP contribution in [-0.2, 0) is 22.0 Å². The third kappa shape index (κ3) is 6.33. The molecule has 1 N–H and O–H groups in total.